The van der Waals surface area contributed by atoms with Crippen molar-refractivity contribution in [1.29, 1.82) is 0 Å². The van der Waals surface area contributed by atoms with Gasteiger partial charge in [-0.1, -0.05) is 72.0 Å². The van der Waals surface area contributed by atoms with E-state index in [9.17, 15) is 27.9 Å². The monoisotopic (exact) mass is 636 g/mol. The number of hydrogen-bond acceptors (Lipinski definition) is 9. The van der Waals surface area contributed by atoms with E-state index in [-0.39, 0.29) is 34.4 Å². The van der Waals surface area contributed by atoms with Crippen molar-refractivity contribution < 1.29 is 27.9 Å². The Bertz CT molecular complexity index is 1700. The van der Waals surface area contributed by atoms with Crippen molar-refractivity contribution >= 4 is 49.9 Å². The fourth-order valence-corrected chi connectivity index (χ4v) is 5.24. The summed E-state index contributed by atoms with van der Waals surface area (Å²) in [5, 5.41) is 26.6. The van der Waals surface area contributed by atoms with Gasteiger partial charge in [0.15, 0.2) is 6.10 Å². The lowest BCUT2D eigenvalue weighted by Crippen LogP contribution is -2.50. The van der Waals surface area contributed by atoms with Crippen molar-refractivity contribution in [2.75, 3.05) is 22.9 Å². The third-order valence-corrected chi connectivity index (χ3v) is 8.62. The van der Waals surface area contributed by atoms with Crippen LogP contribution >= 0.6 is 11.3 Å². The normalized spacial score (nSPS) is 13.3. The summed E-state index contributed by atoms with van der Waals surface area (Å²) in [5.41, 5.74) is 3.08. The quantitative estimate of drug-likeness (QED) is 0.184. The Balaban J connectivity index is 1.64. The number of amides is 3. The molecule has 0 saturated heterocycles. The summed E-state index contributed by atoms with van der Waals surface area (Å²) in [7, 11) is -2.45. The van der Waals surface area contributed by atoms with Gasteiger partial charge in [-0.2, -0.15) is 0 Å². The number of aliphatic hydroxyl groups is 1. The molecule has 0 unspecified atom stereocenters. The molecule has 4 rings (SSSR count). The molecule has 0 aliphatic heterocycles. The molecule has 0 spiro atoms. The number of hydrogen-bond donors (Lipinski definition) is 4. The molecule has 44 heavy (non-hydrogen) atoms. The molecule has 1 heterocycles. The van der Waals surface area contributed by atoms with E-state index in [0.29, 0.717) is 0 Å². The lowest BCUT2D eigenvalue weighted by Gasteiger charge is -2.24. The smallest absolute Gasteiger partial charge is 0.257 e. The van der Waals surface area contributed by atoms with Crippen molar-refractivity contribution in [3.8, 4) is 0 Å². The van der Waals surface area contributed by atoms with Crippen LogP contribution in [-0.2, 0) is 21.2 Å². The second-order valence-corrected chi connectivity index (χ2v) is 12.9. The summed E-state index contributed by atoms with van der Waals surface area (Å²) in [6.45, 7) is 1.80. The summed E-state index contributed by atoms with van der Waals surface area (Å²) in [6.07, 6.45) is -0.610. The lowest BCUT2D eigenvalue weighted by molar-refractivity contribution is -0.125. The van der Waals surface area contributed by atoms with Gasteiger partial charge in [0.05, 0.1) is 24.0 Å². The molecule has 3 aromatic carbocycles. The zero-order chi connectivity index (χ0) is 31.9. The molecule has 0 fully saturated rings. The van der Waals surface area contributed by atoms with Gasteiger partial charge in [-0.25, -0.2) is 8.42 Å². The van der Waals surface area contributed by atoms with Gasteiger partial charge in [-0.15, -0.1) is 10.2 Å². The molecule has 4 N–H and O–H groups in total. The van der Waals surface area contributed by atoms with Gasteiger partial charge in [-0.05, 0) is 42.7 Å². The van der Waals surface area contributed by atoms with E-state index in [1.54, 1.807) is 31.2 Å². The predicted molar refractivity (Wildman–Crippen MR) is 168 cm³/mol. The topological polar surface area (TPSA) is 171 Å². The zero-order valence-corrected chi connectivity index (χ0v) is 25.8. The van der Waals surface area contributed by atoms with Crippen molar-refractivity contribution in [2.45, 2.75) is 31.5 Å². The minimum Gasteiger partial charge on any atom is -0.381 e. The molecule has 1 aromatic heterocycles. The molecular formula is C30H32N6O6S2. The molecule has 0 bridgehead atoms. The number of anilines is 2. The van der Waals surface area contributed by atoms with Gasteiger partial charge in [0, 0.05) is 18.2 Å². The summed E-state index contributed by atoms with van der Waals surface area (Å²) >= 11 is 1.06. The number of carbonyl (C=O) groups is 3. The second-order valence-electron chi connectivity index (χ2n) is 10.1. The third-order valence-electron chi connectivity index (χ3n) is 6.81. The number of sulfonamides is 1. The van der Waals surface area contributed by atoms with Crippen molar-refractivity contribution in [2.24, 2.45) is 0 Å². The average Bonchev–Trinajstić information content (AvgIpc) is 3.53. The van der Waals surface area contributed by atoms with Crippen LogP contribution in [0.1, 0.15) is 44.8 Å². The number of aliphatic hydroxyl groups excluding tert-OH is 1. The maximum absolute atomic E-state index is 13.7. The number of nitrogens with zero attached hydrogens (tertiary/aromatic N) is 3. The molecule has 3 atom stereocenters. The zero-order valence-electron chi connectivity index (χ0n) is 24.2. The first-order valence-electron chi connectivity index (χ1n) is 13.5. The Hall–Kier alpha value is -4.66. The average molecular weight is 637 g/mol. The van der Waals surface area contributed by atoms with E-state index in [4.69, 9.17) is 0 Å². The van der Waals surface area contributed by atoms with Crippen LogP contribution in [0.2, 0.25) is 0 Å². The molecule has 0 saturated carbocycles. The summed E-state index contributed by atoms with van der Waals surface area (Å²) in [5.74, 6) is -2.07. The number of benzene rings is 3. The van der Waals surface area contributed by atoms with Gasteiger partial charge in [0.1, 0.15) is 5.51 Å². The summed E-state index contributed by atoms with van der Waals surface area (Å²) < 4.78 is 25.7. The first-order valence-corrected chi connectivity index (χ1v) is 16.2. The molecule has 0 aliphatic carbocycles. The maximum atomic E-state index is 13.7. The van der Waals surface area contributed by atoms with E-state index >= 15 is 0 Å². The van der Waals surface area contributed by atoms with Gasteiger partial charge in [-0.3, -0.25) is 24.0 Å². The molecule has 3 amide bonds. The van der Waals surface area contributed by atoms with Crippen LogP contribution in [0.5, 0.6) is 0 Å². The largest absolute Gasteiger partial charge is 0.381 e. The number of aromatic nitrogens is 2. The number of nitrogens with one attached hydrogen (secondary N) is 3. The van der Waals surface area contributed by atoms with Crippen LogP contribution < -0.4 is 20.3 Å². The minimum absolute atomic E-state index is 0.0418. The summed E-state index contributed by atoms with van der Waals surface area (Å²) in [4.78, 5) is 39.9. The van der Waals surface area contributed by atoms with Crippen LogP contribution in [0.15, 0.2) is 84.4 Å². The second kappa shape index (κ2) is 14.2. The van der Waals surface area contributed by atoms with Gasteiger partial charge < -0.3 is 15.7 Å². The first-order chi connectivity index (χ1) is 20.9. The van der Waals surface area contributed by atoms with E-state index < -0.39 is 39.9 Å². The van der Waals surface area contributed by atoms with Crippen LogP contribution in [0.25, 0.3) is 0 Å². The maximum Gasteiger partial charge on any atom is 0.257 e. The highest BCUT2D eigenvalue weighted by atomic mass is 32.2. The van der Waals surface area contributed by atoms with Crippen molar-refractivity contribution in [3.05, 3.63) is 107 Å². The standard InChI is InChI=1S/C30H32N6O6S2/c1-19(21-12-8-5-9-13-21)32-27(38)22-15-23(17-24(16-22)36(2)44(3,41)42)28(39)33-25(14-20-10-6-4-7-11-20)26(37)29(40)34-30-35-31-18-43-30/h4-13,15-19,25-26,37H,14H2,1-3H3,(H,32,38)(H,33,39)(H,34,35,40)/t19-,25+,26+/m1/s1. The predicted octanol–water partition coefficient (Wildman–Crippen LogP) is 2.77. The first kappa shape index (κ1) is 32.3. The molecule has 0 aliphatic rings. The van der Waals surface area contributed by atoms with Crippen molar-refractivity contribution in [3.63, 3.8) is 0 Å². The van der Waals surface area contributed by atoms with E-state index in [2.05, 4.69) is 26.1 Å². The minimum atomic E-state index is -3.75. The Kier molecular flexibility index (Phi) is 10.4. The highest BCUT2D eigenvalue weighted by Gasteiger charge is 2.30. The third kappa shape index (κ3) is 8.46. The van der Waals surface area contributed by atoms with Gasteiger partial charge in [0.2, 0.25) is 15.2 Å². The number of rotatable bonds is 12. The molecule has 14 heteroatoms. The summed E-state index contributed by atoms with van der Waals surface area (Å²) in [6, 6.07) is 20.7. The lowest BCUT2D eigenvalue weighted by atomic mass is 9.99. The molecule has 12 nitrogen and oxygen atoms in total. The van der Waals surface area contributed by atoms with Crippen LogP contribution in [0, 0.1) is 0 Å². The van der Waals surface area contributed by atoms with E-state index in [0.717, 1.165) is 33.0 Å². The molecule has 0 radical (unpaired) electrons. The Labute approximate surface area is 259 Å². The van der Waals surface area contributed by atoms with E-state index in [1.165, 1.54) is 30.8 Å². The molecule has 4 aromatic rings. The SMILES string of the molecule is C[C@@H](NC(=O)c1cc(C(=O)N[C@@H](Cc2ccccc2)[C@H](O)C(=O)Nc2nncs2)cc(N(C)S(C)(=O)=O)c1)c1ccccc1. The fraction of sp³-hybridized carbons (Fsp3) is 0.233. The molecule has 230 valence electrons. The number of carbonyl (C=O) groups excluding carboxylic acids is 3. The fourth-order valence-electron chi connectivity index (χ4n) is 4.30. The van der Waals surface area contributed by atoms with Crippen LogP contribution in [-0.4, -0.2) is 66.9 Å². The Morgan fingerprint density at radius 2 is 1.52 bits per heavy atom. The highest BCUT2D eigenvalue weighted by Crippen LogP contribution is 2.22. The highest BCUT2D eigenvalue weighted by molar-refractivity contribution is 7.92. The van der Waals surface area contributed by atoms with Crippen LogP contribution in [0.4, 0.5) is 10.8 Å². The van der Waals surface area contributed by atoms with E-state index in [1.807, 2.05) is 36.4 Å². The van der Waals surface area contributed by atoms with Gasteiger partial charge >= 0.3 is 0 Å². The molecular weight excluding hydrogens is 604 g/mol. The van der Waals surface area contributed by atoms with Crippen LogP contribution in [0.3, 0.4) is 0 Å². The Morgan fingerprint density at radius 1 is 0.932 bits per heavy atom. The van der Waals surface area contributed by atoms with Gasteiger partial charge in [0.25, 0.3) is 17.7 Å². The van der Waals surface area contributed by atoms with Crippen molar-refractivity contribution in [1.82, 2.24) is 20.8 Å². The Morgan fingerprint density at radius 3 is 2.09 bits per heavy atom.